The van der Waals surface area contributed by atoms with Crippen molar-refractivity contribution in [2.24, 2.45) is 0 Å². The highest BCUT2D eigenvalue weighted by molar-refractivity contribution is 5.66. The summed E-state index contributed by atoms with van der Waals surface area (Å²) in [6.07, 6.45) is 3.69. The highest BCUT2D eigenvalue weighted by Gasteiger charge is 2.47. The third kappa shape index (κ3) is 3.51. The molecule has 1 fully saturated rings. The Morgan fingerprint density at radius 2 is 2.38 bits per heavy atom. The molecule has 1 aromatic heterocycles. The number of carboxylic acid groups (broad SMARTS) is 1. The van der Waals surface area contributed by atoms with Crippen molar-refractivity contribution in [1.29, 1.82) is 0 Å². The lowest BCUT2D eigenvalue weighted by Crippen LogP contribution is -2.39. The second kappa shape index (κ2) is 7.43. The summed E-state index contributed by atoms with van der Waals surface area (Å²) in [6, 6.07) is 4.07. The highest BCUT2D eigenvalue weighted by Crippen LogP contribution is 2.41. The van der Waals surface area contributed by atoms with E-state index in [1.165, 1.54) is 5.56 Å². The van der Waals surface area contributed by atoms with Crippen LogP contribution in [0.15, 0.2) is 12.1 Å². The summed E-state index contributed by atoms with van der Waals surface area (Å²) < 4.78 is 0. The summed E-state index contributed by atoms with van der Waals surface area (Å²) in [4.78, 5) is 31.2. The van der Waals surface area contributed by atoms with Crippen LogP contribution in [-0.2, 0) is 25.9 Å². The zero-order valence-corrected chi connectivity index (χ0v) is 13.7. The van der Waals surface area contributed by atoms with Crippen LogP contribution in [0.4, 0.5) is 5.82 Å². The molecule has 0 radical (unpaired) electrons. The van der Waals surface area contributed by atoms with Crippen LogP contribution < -0.4 is 11.0 Å². The van der Waals surface area contributed by atoms with Crippen molar-refractivity contribution in [3.8, 4) is 0 Å². The SMILES string of the molecule is CCC(c1ccc2c(n1)NCCC2)C1(CCCC(=O)O)ONOO1. The third-order valence-electron chi connectivity index (χ3n) is 4.56. The Morgan fingerprint density at radius 1 is 1.50 bits per heavy atom. The summed E-state index contributed by atoms with van der Waals surface area (Å²) >= 11 is 0. The molecule has 0 saturated carbocycles. The van der Waals surface area contributed by atoms with Crippen LogP contribution in [0.1, 0.15) is 56.2 Å². The van der Waals surface area contributed by atoms with E-state index in [0.29, 0.717) is 19.3 Å². The van der Waals surface area contributed by atoms with E-state index in [2.05, 4.69) is 17.0 Å². The number of hydrogen-bond acceptors (Lipinski definition) is 7. The van der Waals surface area contributed by atoms with Gasteiger partial charge in [0, 0.05) is 19.4 Å². The molecule has 2 atom stereocenters. The van der Waals surface area contributed by atoms with Crippen molar-refractivity contribution in [2.45, 2.75) is 57.2 Å². The topological polar surface area (TPSA) is 102 Å². The van der Waals surface area contributed by atoms with Gasteiger partial charge in [-0.25, -0.2) is 9.82 Å². The largest absolute Gasteiger partial charge is 0.481 e. The quantitative estimate of drug-likeness (QED) is 0.651. The molecule has 2 unspecified atom stereocenters. The van der Waals surface area contributed by atoms with Gasteiger partial charge in [0.1, 0.15) is 5.82 Å². The lowest BCUT2D eigenvalue weighted by atomic mass is 9.87. The maximum absolute atomic E-state index is 10.8. The Hall–Kier alpha value is -1.74. The van der Waals surface area contributed by atoms with Crippen molar-refractivity contribution in [2.75, 3.05) is 11.9 Å². The predicted molar refractivity (Wildman–Crippen MR) is 84.7 cm³/mol. The van der Waals surface area contributed by atoms with E-state index in [0.717, 1.165) is 30.9 Å². The number of aliphatic carboxylic acids is 1. The maximum Gasteiger partial charge on any atom is 0.303 e. The smallest absolute Gasteiger partial charge is 0.303 e. The van der Waals surface area contributed by atoms with E-state index >= 15 is 0 Å². The molecule has 1 saturated heterocycles. The molecule has 8 heteroatoms. The minimum atomic E-state index is -1.08. The summed E-state index contributed by atoms with van der Waals surface area (Å²) in [6.45, 7) is 2.94. The lowest BCUT2D eigenvalue weighted by molar-refractivity contribution is -0.344. The summed E-state index contributed by atoms with van der Waals surface area (Å²) in [5.41, 5.74) is 4.34. The Bertz CT molecular complexity index is 589. The van der Waals surface area contributed by atoms with Gasteiger partial charge >= 0.3 is 5.97 Å². The third-order valence-corrected chi connectivity index (χ3v) is 4.56. The molecule has 0 bridgehead atoms. The Kier molecular flexibility index (Phi) is 5.30. The summed E-state index contributed by atoms with van der Waals surface area (Å²) in [7, 11) is 0. The average molecular weight is 337 g/mol. The molecule has 24 heavy (non-hydrogen) atoms. The number of fused-ring (bicyclic) bond motifs is 1. The zero-order chi connectivity index (χ0) is 17.0. The molecule has 3 N–H and O–H groups in total. The van der Waals surface area contributed by atoms with E-state index in [1.54, 1.807) is 0 Å². The summed E-state index contributed by atoms with van der Waals surface area (Å²) in [5, 5.41) is 12.2. The molecular formula is C16H23N3O5. The maximum atomic E-state index is 10.8. The van der Waals surface area contributed by atoms with Gasteiger partial charge in [0.25, 0.3) is 0 Å². The van der Waals surface area contributed by atoms with Gasteiger partial charge in [0.05, 0.1) is 11.6 Å². The number of carbonyl (C=O) groups is 1. The van der Waals surface area contributed by atoms with E-state index < -0.39 is 11.8 Å². The minimum absolute atomic E-state index is 0.0457. The van der Waals surface area contributed by atoms with E-state index in [1.807, 2.05) is 13.0 Å². The molecule has 2 aliphatic heterocycles. The van der Waals surface area contributed by atoms with Gasteiger partial charge in [0.2, 0.25) is 5.79 Å². The minimum Gasteiger partial charge on any atom is -0.481 e. The van der Waals surface area contributed by atoms with Crippen LogP contribution in [0.25, 0.3) is 0 Å². The molecule has 0 aliphatic carbocycles. The number of hydrogen-bond donors (Lipinski definition) is 3. The van der Waals surface area contributed by atoms with Crippen molar-refractivity contribution >= 4 is 11.8 Å². The molecule has 2 aliphatic rings. The first-order chi connectivity index (χ1) is 11.6. The predicted octanol–water partition coefficient (Wildman–Crippen LogP) is 2.28. The normalized spacial score (nSPS) is 24.2. The van der Waals surface area contributed by atoms with E-state index in [-0.39, 0.29) is 12.3 Å². The van der Waals surface area contributed by atoms with Gasteiger partial charge in [-0.3, -0.25) is 4.79 Å². The first kappa shape index (κ1) is 17.1. The number of pyridine rings is 1. The van der Waals surface area contributed by atoms with Gasteiger partial charge in [-0.15, -0.1) is 4.99 Å². The summed E-state index contributed by atoms with van der Waals surface area (Å²) in [5.74, 6) is -1.21. The van der Waals surface area contributed by atoms with Gasteiger partial charge in [-0.2, -0.15) is 4.89 Å². The van der Waals surface area contributed by atoms with Crippen LogP contribution in [0.3, 0.4) is 0 Å². The molecule has 0 amide bonds. The molecule has 8 nitrogen and oxygen atoms in total. The van der Waals surface area contributed by atoms with Crippen LogP contribution in [-0.4, -0.2) is 28.4 Å². The molecule has 0 aromatic carbocycles. The molecule has 3 heterocycles. The average Bonchev–Trinajstić information content (AvgIpc) is 3.04. The number of aromatic nitrogens is 1. The monoisotopic (exact) mass is 337 g/mol. The fourth-order valence-electron chi connectivity index (χ4n) is 3.36. The zero-order valence-electron chi connectivity index (χ0n) is 13.7. The number of nitrogens with one attached hydrogen (secondary N) is 2. The molecular weight excluding hydrogens is 314 g/mol. The number of nitrogens with zero attached hydrogens (tertiary/aromatic N) is 1. The van der Waals surface area contributed by atoms with Crippen LogP contribution in [0, 0.1) is 0 Å². The van der Waals surface area contributed by atoms with Crippen molar-refractivity contribution < 1.29 is 24.6 Å². The van der Waals surface area contributed by atoms with Crippen molar-refractivity contribution in [1.82, 2.24) is 10.6 Å². The molecule has 1 aromatic rings. The van der Waals surface area contributed by atoms with Crippen LogP contribution in [0.5, 0.6) is 0 Å². The fourth-order valence-corrected chi connectivity index (χ4v) is 3.36. The van der Waals surface area contributed by atoms with Gasteiger partial charge in [-0.05, 0) is 43.0 Å². The second-order valence-corrected chi connectivity index (χ2v) is 6.15. The van der Waals surface area contributed by atoms with E-state index in [4.69, 9.17) is 24.8 Å². The number of aryl methyl sites for hydroxylation is 1. The Labute approximate surface area is 140 Å². The molecule has 132 valence electrons. The first-order valence-corrected chi connectivity index (χ1v) is 8.38. The standard InChI is InChI=1S/C16H23N3O5/c1-2-12(13-8-7-11-5-4-10-17-15(11)18-13)16(22-19-24-23-16)9-3-6-14(20)21/h7-8,12,19H,2-6,9-10H2,1H3,(H,17,18)(H,20,21). The van der Waals surface area contributed by atoms with Gasteiger partial charge in [0.15, 0.2) is 0 Å². The van der Waals surface area contributed by atoms with Gasteiger partial charge < -0.3 is 10.4 Å². The fraction of sp³-hybridized carbons (Fsp3) is 0.625. The second-order valence-electron chi connectivity index (χ2n) is 6.15. The number of anilines is 1. The molecule has 0 spiro atoms. The lowest BCUT2D eigenvalue weighted by Gasteiger charge is -2.31. The number of rotatable bonds is 7. The van der Waals surface area contributed by atoms with E-state index in [9.17, 15) is 4.79 Å². The van der Waals surface area contributed by atoms with Crippen LogP contribution >= 0.6 is 0 Å². The van der Waals surface area contributed by atoms with Crippen molar-refractivity contribution in [3.05, 3.63) is 23.4 Å². The Morgan fingerprint density at radius 3 is 3.08 bits per heavy atom. The molecule has 3 rings (SSSR count). The van der Waals surface area contributed by atoms with Crippen LogP contribution in [0.2, 0.25) is 0 Å². The number of carboxylic acids is 1. The Balaban J connectivity index is 1.83. The van der Waals surface area contributed by atoms with Gasteiger partial charge in [-0.1, -0.05) is 13.0 Å². The highest BCUT2D eigenvalue weighted by atomic mass is 17.4. The van der Waals surface area contributed by atoms with Crippen molar-refractivity contribution in [3.63, 3.8) is 0 Å². The first-order valence-electron chi connectivity index (χ1n) is 8.38.